The zero-order valence-corrected chi connectivity index (χ0v) is 15.7. The predicted octanol–water partition coefficient (Wildman–Crippen LogP) is 3.79. The zero-order chi connectivity index (χ0) is 17.5. The van der Waals surface area contributed by atoms with Crippen LogP contribution in [0.1, 0.15) is 45.1 Å². The first-order valence-corrected chi connectivity index (χ1v) is 9.13. The minimum Gasteiger partial charge on any atom is -0.490 e. The lowest BCUT2D eigenvalue weighted by Crippen LogP contribution is -2.43. The highest BCUT2D eigenvalue weighted by molar-refractivity contribution is 9.10. The molecule has 0 unspecified atom stereocenters. The standard InChI is InChI=1S/C18H23BrN2O3/c1-3-23-16-9-13(10-20)8-14(19)18(16)24-11-17(22)21-15-7-5-4-6-12(15)2/h8-9,12,15H,3-7,11H2,1-2H3,(H,21,22)/t12-,15+/m0/s1. The van der Waals surface area contributed by atoms with Crippen molar-refractivity contribution in [3.63, 3.8) is 0 Å². The second-order valence-electron chi connectivity index (χ2n) is 6.05. The molecule has 1 aliphatic rings. The Labute approximate surface area is 151 Å². The molecule has 1 aliphatic carbocycles. The molecule has 0 aliphatic heterocycles. The van der Waals surface area contributed by atoms with Crippen LogP contribution in [0.25, 0.3) is 0 Å². The van der Waals surface area contributed by atoms with E-state index in [4.69, 9.17) is 14.7 Å². The van der Waals surface area contributed by atoms with E-state index in [9.17, 15) is 4.79 Å². The van der Waals surface area contributed by atoms with Gasteiger partial charge in [-0.05, 0) is 47.7 Å². The molecular formula is C18H23BrN2O3. The first-order chi connectivity index (χ1) is 11.5. The molecule has 0 bridgehead atoms. The fourth-order valence-electron chi connectivity index (χ4n) is 2.95. The number of hydrogen-bond acceptors (Lipinski definition) is 4. The fraction of sp³-hybridized carbons (Fsp3) is 0.556. The zero-order valence-electron chi connectivity index (χ0n) is 14.1. The van der Waals surface area contributed by atoms with Crippen LogP contribution in [0.2, 0.25) is 0 Å². The lowest BCUT2D eigenvalue weighted by Gasteiger charge is -2.29. The molecule has 2 atom stereocenters. The Kier molecular flexibility index (Phi) is 6.92. The number of benzene rings is 1. The van der Waals surface area contributed by atoms with Gasteiger partial charge in [-0.15, -0.1) is 0 Å². The number of nitrogens with zero attached hydrogens (tertiary/aromatic N) is 1. The van der Waals surface area contributed by atoms with Crippen molar-refractivity contribution in [3.05, 3.63) is 22.2 Å². The van der Waals surface area contributed by atoms with Gasteiger partial charge in [0, 0.05) is 12.1 Å². The van der Waals surface area contributed by atoms with E-state index in [1.54, 1.807) is 12.1 Å². The van der Waals surface area contributed by atoms with Crippen LogP contribution in [0.4, 0.5) is 0 Å². The third-order valence-electron chi connectivity index (χ3n) is 4.24. The van der Waals surface area contributed by atoms with Crippen molar-refractivity contribution in [2.75, 3.05) is 13.2 Å². The summed E-state index contributed by atoms with van der Waals surface area (Å²) in [7, 11) is 0. The quantitative estimate of drug-likeness (QED) is 0.796. The van der Waals surface area contributed by atoms with Gasteiger partial charge in [0.25, 0.3) is 5.91 Å². The molecule has 0 saturated heterocycles. The molecule has 24 heavy (non-hydrogen) atoms. The topological polar surface area (TPSA) is 71.3 Å². The molecule has 0 radical (unpaired) electrons. The Morgan fingerprint density at radius 2 is 2.12 bits per heavy atom. The molecule has 2 rings (SSSR count). The Balaban J connectivity index is 2.00. The van der Waals surface area contributed by atoms with E-state index in [0.29, 0.717) is 34.1 Å². The van der Waals surface area contributed by atoms with Crippen molar-refractivity contribution in [3.8, 4) is 17.6 Å². The molecule has 0 aromatic heterocycles. The normalized spacial score (nSPS) is 20.1. The summed E-state index contributed by atoms with van der Waals surface area (Å²) in [5.41, 5.74) is 0.471. The second kappa shape index (κ2) is 8.93. The minimum absolute atomic E-state index is 0.0756. The average molecular weight is 395 g/mol. The highest BCUT2D eigenvalue weighted by Gasteiger charge is 2.23. The van der Waals surface area contributed by atoms with Crippen molar-refractivity contribution in [2.45, 2.75) is 45.6 Å². The molecule has 130 valence electrons. The van der Waals surface area contributed by atoms with E-state index >= 15 is 0 Å². The molecule has 1 amide bonds. The summed E-state index contributed by atoms with van der Waals surface area (Å²) in [5.74, 6) is 1.28. The summed E-state index contributed by atoms with van der Waals surface area (Å²) >= 11 is 3.38. The highest BCUT2D eigenvalue weighted by Crippen LogP contribution is 2.36. The first-order valence-electron chi connectivity index (χ1n) is 8.33. The number of nitriles is 1. The van der Waals surface area contributed by atoms with Gasteiger partial charge in [0.2, 0.25) is 0 Å². The van der Waals surface area contributed by atoms with Crippen LogP contribution in [-0.4, -0.2) is 25.2 Å². The predicted molar refractivity (Wildman–Crippen MR) is 95.1 cm³/mol. The Morgan fingerprint density at radius 1 is 1.38 bits per heavy atom. The van der Waals surface area contributed by atoms with Crippen molar-refractivity contribution in [1.82, 2.24) is 5.32 Å². The summed E-state index contributed by atoms with van der Waals surface area (Å²) in [6.07, 6.45) is 4.57. The summed E-state index contributed by atoms with van der Waals surface area (Å²) in [6, 6.07) is 5.57. The SMILES string of the molecule is CCOc1cc(C#N)cc(Br)c1OCC(=O)N[C@@H]1CCCC[C@@H]1C. The van der Waals surface area contributed by atoms with Crippen molar-refractivity contribution >= 4 is 21.8 Å². The van der Waals surface area contributed by atoms with Crippen molar-refractivity contribution in [2.24, 2.45) is 5.92 Å². The van der Waals surface area contributed by atoms with Gasteiger partial charge < -0.3 is 14.8 Å². The van der Waals surface area contributed by atoms with E-state index in [2.05, 4.69) is 34.2 Å². The number of carbonyl (C=O) groups excluding carboxylic acids is 1. The maximum absolute atomic E-state index is 12.2. The van der Waals surface area contributed by atoms with Crippen LogP contribution in [0.15, 0.2) is 16.6 Å². The lowest BCUT2D eigenvalue weighted by atomic mass is 9.86. The third kappa shape index (κ3) is 4.88. The van der Waals surface area contributed by atoms with E-state index in [1.807, 2.05) is 6.92 Å². The van der Waals surface area contributed by atoms with Gasteiger partial charge in [-0.1, -0.05) is 19.8 Å². The number of nitrogens with one attached hydrogen (secondary N) is 1. The Morgan fingerprint density at radius 3 is 2.79 bits per heavy atom. The fourth-order valence-corrected chi connectivity index (χ4v) is 3.51. The number of amides is 1. The Bertz CT molecular complexity index is 627. The number of hydrogen-bond donors (Lipinski definition) is 1. The van der Waals surface area contributed by atoms with Gasteiger partial charge in [0.15, 0.2) is 18.1 Å². The molecule has 1 fully saturated rings. The first kappa shape index (κ1) is 18.6. The van der Waals surface area contributed by atoms with Gasteiger partial charge in [-0.2, -0.15) is 5.26 Å². The number of carbonyl (C=O) groups is 1. The van der Waals surface area contributed by atoms with Crippen molar-refractivity contribution < 1.29 is 14.3 Å². The minimum atomic E-state index is -0.132. The smallest absolute Gasteiger partial charge is 0.258 e. The summed E-state index contributed by atoms with van der Waals surface area (Å²) < 4.78 is 11.8. The molecule has 1 saturated carbocycles. The number of rotatable bonds is 6. The molecule has 0 heterocycles. The van der Waals surface area contributed by atoms with Crippen LogP contribution < -0.4 is 14.8 Å². The van der Waals surface area contributed by atoms with Gasteiger partial charge in [-0.25, -0.2) is 0 Å². The summed E-state index contributed by atoms with van der Waals surface area (Å²) in [5, 5.41) is 12.1. The van der Waals surface area contributed by atoms with E-state index < -0.39 is 0 Å². The van der Waals surface area contributed by atoms with Gasteiger partial charge >= 0.3 is 0 Å². The molecule has 0 spiro atoms. The largest absolute Gasteiger partial charge is 0.490 e. The second-order valence-corrected chi connectivity index (χ2v) is 6.91. The lowest BCUT2D eigenvalue weighted by molar-refractivity contribution is -0.124. The van der Waals surface area contributed by atoms with E-state index in [0.717, 1.165) is 19.3 Å². The Hall–Kier alpha value is -1.74. The molecule has 1 aromatic rings. The molecule has 1 N–H and O–H groups in total. The van der Waals surface area contributed by atoms with Crippen molar-refractivity contribution in [1.29, 1.82) is 5.26 Å². The van der Waals surface area contributed by atoms with Gasteiger partial charge in [-0.3, -0.25) is 4.79 Å². The van der Waals surface area contributed by atoms with Crippen LogP contribution in [0.3, 0.4) is 0 Å². The monoisotopic (exact) mass is 394 g/mol. The number of ether oxygens (including phenoxy) is 2. The van der Waals surface area contributed by atoms with Crippen LogP contribution in [0.5, 0.6) is 11.5 Å². The molecule has 1 aromatic carbocycles. The molecule has 5 nitrogen and oxygen atoms in total. The third-order valence-corrected chi connectivity index (χ3v) is 4.83. The summed E-state index contributed by atoms with van der Waals surface area (Å²) in [6.45, 7) is 4.40. The molecular weight excluding hydrogens is 372 g/mol. The maximum atomic E-state index is 12.2. The van der Waals surface area contributed by atoms with Crippen LogP contribution >= 0.6 is 15.9 Å². The van der Waals surface area contributed by atoms with E-state index in [-0.39, 0.29) is 18.6 Å². The maximum Gasteiger partial charge on any atom is 0.258 e. The summed E-state index contributed by atoms with van der Waals surface area (Å²) in [4.78, 5) is 12.2. The van der Waals surface area contributed by atoms with Crippen LogP contribution in [0, 0.1) is 17.2 Å². The highest BCUT2D eigenvalue weighted by atomic mass is 79.9. The van der Waals surface area contributed by atoms with Gasteiger partial charge in [0.1, 0.15) is 0 Å². The van der Waals surface area contributed by atoms with E-state index in [1.165, 1.54) is 6.42 Å². The van der Waals surface area contributed by atoms with Gasteiger partial charge in [0.05, 0.1) is 22.7 Å². The van der Waals surface area contributed by atoms with Crippen LogP contribution in [-0.2, 0) is 4.79 Å². The average Bonchev–Trinajstić information content (AvgIpc) is 2.56. The number of halogens is 1. The molecule has 6 heteroatoms.